The van der Waals surface area contributed by atoms with Crippen molar-refractivity contribution < 1.29 is 19.1 Å². The van der Waals surface area contributed by atoms with Crippen LogP contribution >= 0.6 is 11.8 Å². The van der Waals surface area contributed by atoms with Crippen LogP contribution < -0.4 is 5.32 Å². The second-order valence-electron chi connectivity index (χ2n) is 7.69. The molecule has 0 spiro atoms. The average Bonchev–Trinajstić information content (AvgIpc) is 2.71. The number of carbonyl (C=O) groups is 3. The first kappa shape index (κ1) is 23.2. The molecule has 7 heteroatoms. The van der Waals surface area contributed by atoms with Gasteiger partial charge in [-0.3, -0.25) is 9.59 Å². The van der Waals surface area contributed by atoms with Gasteiger partial charge in [0.2, 0.25) is 5.91 Å². The lowest BCUT2D eigenvalue weighted by Crippen LogP contribution is -2.26. The number of thioether (sulfide) groups is 1. The summed E-state index contributed by atoms with van der Waals surface area (Å²) in [5, 5.41) is 11.2. The van der Waals surface area contributed by atoms with Crippen molar-refractivity contribution in [3.05, 3.63) is 59.7 Å². The van der Waals surface area contributed by atoms with E-state index in [0.29, 0.717) is 21.7 Å². The predicted molar refractivity (Wildman–Crippen MR) is 116 cm³/mol. The van der Waals surface area contributed by atoms with Crippen LogP contribution in [0.2, 0.25) is 0 Å². The van der Waals surface area contributed by atoms with E-state index in [0.717, 1.165) is 0 Å². The highest BCUT2D eigenvalue weighted by Gasteiger charge is 2.24. The molecule has 0 bridgehead atoms. The molecule has 6 nitrogen and oxygen atoms in total. The van der Waals surface area contributed by atoms with E-state index in [2.05, 4.69) is 5.32 Å². The van der Waals surface area contributed by atoms with Gasteiger partial charge < -0.3 is 10.1 Å². The van der Waals surface area contributed by atoms with Gasteiger partial charge in [-0.1, -0.05) is 39.0 Å². The summed E-state index contributed by atoms with van der Waals surface area (Å²) < 4.78 is 5.19. The Morgan fingerprint density at radius 3 is 2.50 bits per heavy atom. The number of benzene rings is 2. The molecule has 0 fully saturated rings. The highest BCUT2D eigenvalue weighted by molar-refractivity contribution is 8.00. The number of carbonyl (C=O) groups excluding carboxylic acids is 3. The van der Waals surface area contributed by atoms with Gasteiger partial charge in [0, 0.05) is 16.0 Å². The molecule has 0 saturated carbocycles. The first-order chi connectivity index (χ1) is 14.1. The van der Waals surface area contributed by atoms with E-state index >= 15 is 0 Å². The number of ketones is 1. The summed E-state index contributed by atoms with van der Waals surface area (Å²) in [6.45, 7) is 6.71. The van der Waals surface area contributed by atoms with Crippen molar-refractivity contribution >= 4 is 35.1 Å². The minimum atomic E-state index is -0.606. The maximum atomic E-state index is 12.5. The molecule has 156 valence electrons. The molecule has 0 aromatic heterocycles. The van der Waals surface area contributed by atoms with Gasteiger partial charge in [-0.05, 0) is 37.3 Å². The number of esters is 1. The molecular weight excluding hydrogens is 400 g/mol. The lowest BCUT2D eigenvalue weighted by Gasteiger charge is -2.17. The Bertz CT molecular complexity index is 989. The highest BCUT2D eigenvalue weighted by Crippen LogP contribution is 2.28. The van der Waals surface area contributed by atoms with Crippen molar-refractivity contribution in [2.75, 3.05) is 11.9 Å². The lowest BCUT2D eigenvalue weighted by molar-refractivity contribution is -0.129. The average molecular weight is 425 g/mol. The van der Waals surface area contributed by atoms with Crippen LogP contribution in [0.15, 0.2) is 53.4 Å². The van der Waals surface area contributed by atoms with Gasteiger partial charge in [0.25, 0.3) is 0 Å². The lowest BCUT2D eigenvalue weighted by atomic mass is 9.91. The van der Waals surface area contributed by atoms with Crippen molar-refractivity contribution in [3.63, 3.8) is 0 Å². The Balaban J connectivity index is 2.06. The van der Waals surface area contributed by atoms with Crippen LogP contribution in [0.1, 0.15) is 43.6 Å². The van der Waals surface area contributed by atoms with Crippen LogP contribution in [0.4, 0.5) is 5.69 Å². The summed E-state index contributed by atoms with van der Waals surface area (Å²) in [6.07, 6.45) is 0. The zero-order valence-corrected chi connectivity index (χ0v) is 18.2. The quantitative estimate of drug-likeness (QED) is 0.521. The summed E-state index contributed by atoms with van der Waals surface area (Å²) in [6, 6.07) is 15.5. The molecule has 2 aromatic carbocycles. The zero-order valence-electron chi connectivity index (χ0n) is 17.4. The highest BCUT2D eigenvalue weighted by atomic mass is 32.2. The van der Waals surface area contributed by atoms with Crippen molar-refractivity contribution in [2.24, 2.45) is 5.41 Å². The smallest absolute Gasteiger partial charge is 0.339 e. The zero-order chi connectivity index (χ0) is 22.3. The molecule has 0 aliphatic carbocycles. The summed E-state index contributed by atoms with van der Waals surface area (Å²) in [7, 11) is 0. The first-order valence-corrected chi connectivity index (χ1v) is 10.3. The van der Waals surface area contributed by atoms with Gasteiger partial charge in [0.15, 0.2) is 12.4 Å². The van der Waals surface area contributed by atoms with Gasteiger partial charge in [-0.2, -0.15) is 5.26 Å². The summed E-state index contributed by atoms with van der Waals surface area (Å²) in [4.78, 5) is 37.6. The van der Waals surface area contributed by atoms with Crippen LogP contribution in [0.5, 0.6) is 0 Å². The fourth-order valence-electron chi connectivity index (χ4n) is 2.32. The third kappa shape index (κ3) is 6.46. The Kier molecular flexibility index (Phi) is 7.79. The predicted octanol–water partition coefficient (Wildman–Crippen LogP) is 4.45. The van der Waals surface area contributed by atoms with E-state index in [4.69, 9.17) is 10.00 Å². The number of hydrogen-bond donors (Lipinski definition) is 1. The van der Waals surface area contributed by atoms with E-state index in [1.807, 2.05) is 6.07 Å². The number of anilines is 1. The normalized spacial score (nSPS) is 11.8. The molecule has 0 aliphatic rings. The van der Waals surface area contributed by atoms with Crippen molar-refractivity contribution in [1.29, 1.82) is 5.26 Å². The Morgan fingerprint density at radius 1 is 1.13 bits per heavy atom. The molecule has 0 heterocycles. The van der Waals surface area contributed by atoms with Gasteiger partial charge >= 0.3 is 5.97 Å². The maximum Gasteiger partial charge on any atom is 0.339 e. The van der Waals surface area contributed by atoms with E-state index in [9.17, 15) is 14.4 Å². The molecule has 0 aliphatic heterocycles. The number of nitriles is 1. The van der Waals surface area contributed by atoms with Gasteiger partial charge in [0.05, 0.1) is 22.4 Å². The largest absolute Gasteiger partial charge is 0.454 e. The number of amides is 1. The molecule has 0 unspecified atom stereocenters. The molecule has 2 aromatic rings. The summed E-state index contributed by atoms with van der Waals surface area (Å²) in [5.41, 5.74) is 0.686. The van der Waals surface area contributed by atoms with Gasteiger partial charge in [-0.15, -0.1) is 11.8 Å². The molecular formula is C23H24N2O4S. The molecule has 30 heavy (non-hydrogen) atoms. The van der Waals surface area contributed by atoms with Crippen molar-refractivity contribution in [1.82, 2.24) is 0 Å². The molecule has 0 radical (unpaired) electrons. The standard InChI is InChI=1S/C23H24N2O4S/c1-15(21(27)25-17-9-7-8-16(12-17)13-24)30-19-11-6-5-10-18(19)22(28)29-14-20(26)23(2,3)4/h5-12,15H,14H2,1-4H3,(H,25,27)/t15-/m1/s1. The second kappa shape index (κ2) is 10.1. The minimum absolute atomic E-state index is 0.173. The summed E-state index contributed by atoms with van der Waals surface area (Å²) >= 11 is 1.21. The molecule has 1 N–H and O–H groups in total. The van der Waals surface area contributed by atoms with Gasteiger partial charge in [-0.25, -0.2) is 4.79 Å². The molecule has 1 atom stereocenters. The topological polar surface area (TPSA) is 96.3 Å². The first-order valence-electron chi connectivity index (χ1n) is 9.39. The summed E-state index contributed by atoms with van der Waals surface area (Å²) in [5.74, 6) is -1.04. The van der Waals surface area contributed by atoms with E-state index in [-0.39, 0.29) is 18.3 Å². The third-order valence-electron chi connectivity index (χ3n) is 4.21. The van der Waals surface area contributed by atoms with Crippen LogP contribution in [0.3, 0.4) is 0 Å². The Hall–Kier alpha value is -3.11. The SMILES string of the molecule is C[C@@H](Sc1ccccc1C(=O)OCC(=O)C(C)(C)C)C(=O)Nc1cccc(C#N)c1. The van der Waals surface area contributed by atoms with E-state index in [1.54, 1.807) is 76.2 Å². The number of rotatable bonds is 7. The van der Waals surface area contributed by atoms with Crippen molar-refractivity contribution in [2.45, 2.75) is 37.8 Å². The van der Waals surface area contributed by atoms with E-state index < -0.39 is 16.6 Å². The number of ether oxygens (including phenoxy) is 1. The fourth-order valence-corrected chi connectivity index (χ4v) is 3.30. The van der Waals surface area contributed by atoms with Crippen LogP contribution in [0.25, 0.3) is 0 Å². The van der Waals surface area contributed by atoms with Crippen molar-refractivity contribution in [3.8, 4) is 6.07 Å². The number of Topliss-reactive ketones (excluding diaryl/α,β-unsaturated/α-hetero) is 1. The van der Waals surface area contributed by atoms with Crippen LogP contribution in [-0.2, 0) is 14.3 Å². The van der Waals surface area contributed by atoms with E-state index in [1.165, 1.54) is 11.8 Å². The second-order valence-corrected chi connectivity index (χ2v) is 9.07. The molecule has 1 amide bonds. The molecule has 2 rings (SSSR count). The molecule has 0 saturated heterocycles. The third-order valence-corrected chi connectivity index (χ3v) is 5.39. The van der Waals surface area contributed by atoms with Crippen LogP contribution in [0, 0.1) is 16.7 Å². The minimum Gasteiger partial charge on any atom is -0.454 e. The van der Waals surface area contributed by atoms with Crippen LogP contribution in [-0.4, -0.2) is 29.5 Å². The number of hydrogen-bond acceptors (Lipinski definition) is 6. The Labute approximate surface area is 180 Å². The maximum absolute atomic E-state index is 12.5. The fraction of sp³-hybridized carbons (Fsp3) is 0.304. The number of nitrogens with one attached hydrogen (secondary N) is 1. The monoisotopic (exact) mass is 424 g/mol. The van der Waals surface area contributed by atoms with Gasteiger partial charge in [0.1, 0.15) is 0 Å². The Morgan fingerprint density at radius 2 is 1.83 bits per heavy atom. The number of nitrogens with zero attached hydrogens (tertiary/aromatic N) is 1.